The second kappa shape index (κ2) is 7.47. The lowest BCUT2D eigenvalue weighted by Gasteiger charge is -2.22. The van der Waals surface area contributed by atoms with Gasteiger partial charge in [0.05, 0.1) is 0 Å². The lowest BCUT2D eigenvalue weighted by molar-refractivity contribution is -0.139. The van der Waals surface area contributed by atoms with Crippen LogP contribution >= 0.6 is 0 Å². The molecule has 114 valence electrons. The molecule has 0 saturated carbocycles. The van der Waals surface area contributed by atoms with Gasteiger partial charge < -0.3 is 15.2 Å². The van der Waals surface area contributed by atoms with Crippen molar-refractivity contribution in [2.75, 3.05) is 0 Å². The van der Waals surface area contributed by atoms with Crippen LogP contribution in [0.2, 0.25) is 0 Å². The highest BCUT2D eigenvalue weighted by Crippen LogP contribution is 2.12. The van der Waals surface area contributed by atoms with Gasteiger partial charge in [-0.3, -0.25) is 0 Å². The summed E-state index contributed by atoms with van der Waals surface area (Å²) in [5.74, 6) is -1.10. The van der Waals surface area contributed by atoms with E-state index in [1.54, 1.807) is 20.8 Å². The number of carboxylic acids is 1. The summed E-state index contributed by atoms with van der Waals surface area (Å²) in [5, 5.41) is 11.6. The summed E-state index contributed by atoms with van der Waals surface area (Å²) < 4.78 is 5.08. The molecule has 1 unspecified atom stereocenters. The van der Waals surface area contributed by atoms with E-state index in [0.717, 1.165) is 5.57 Å². The van der Waals surface area contributed by atoms with Crippen LogP contribution in [0, 0.1) is 0 Å². The van der Waals surface area contributed by atoms with Crippen LogP contribution in [0.25, 0.3) is 0 Å². The summed E-state index contributed by atoms with van der Waals surface area (Å²) >= 11 is 0. The Morgan fingerprint density at radius 1 is 1.19 bits per heavy atom. The van der Waals surface area contributed by atoms with Gasteiger partial charge in [-0.2, -0.15) is 0 Å². The van der Waals surface area contributed by atoms with E-state index in [1.165, 1.54) is 0 Å². The first kappa shape index (κ1) is 16.8. The number of ether oxygens (including phenoxy) is 1. The number of carbonyl (C=O) groups excluding carboxylic acids is 1. The van der Waals surface area contributed by atoms with Crippen molar-refractivity contribution >= 4 is 12.1 Å². The van der Waals surface area contributed by atoms with Crippen molar-refractivity contribution in [1.29, 1.82) is 0 Å². The number of hydrogen-bond donors (Lipinski definition) is 2. The van der Waals surface area contributed by atoms with Gasteiger partial charge in [0.25, 0.3) is 0 Å². The van der Waals surface area contributed by atoms with E-state index in [-0.39, 0.29) is 6.42 Å². The maximum atomic E-state index is 11.7. The van der Waals surface area contributed by atoms with Crippen molar-refractivity contribution < 1.29 is 19.4 Å². The highest BCUT2D eigenvalue weighted by Gasteiger charge is 2.24. The average molecular weight is 291 g/mol. The Morgan fingerprint density at radius 2 is 1.81 bits per heavy atom. The van der Waals surface area contributed by atoms with Gasteiger partial charge in [-0.25, -0.2) is 9.59 Å². The van der Waals surface area contributed by atoms with E-state index in [4.69, 9.17) is 4.74 Å². The fourth-order valence-corrected chi connectivity index (χ4v) is 1.63. The van der Waals surface area contributed by atoms with Gasteiger partial charge in [0, 0.05) is 6.42 Å². The molecule has 0 aromatic carbocycles. The molecule has 1 aliphatic rings. The molecule has 0 fully saturated rings. The standard InChI is InChI=1S/C16H21NO4/c1-16(2,3)21-15(20)17-13(14(18)19)11-12-9-7-5-4-6-8-10-12/h4-10,13H,11H2,1-3H3,(H,17,20)(H,18,19)/b5-4-,6-4?,7-5?,8-6-,9-7-,10-8?,12-9?,12-10+. The molecule has 21 heavy (non-hydrogen) atoms. The summed E-state index contributed by atoms with van der Waals surface area (Å²) in [6.07, 6.45) is 12.3. The minimum atomic E-state index is -1.10. The highest BCUT2D eigenvalue weighted by atomic mass is 16.6. The molecule has 2 N–H and O–H groups in total. The Labute approximate surface area is 124 Å². The highest BCUT2D eigenvalue weighted by molar-refractivity contribution is 5.80. The van der Waals surface area contributed by atoms with Gasteiger partial charge in [0.1, 0.15) is 11.6 Å². The zero-order valence-electron chi connectivity index (χ0n) is 12.5. The lowest BCUT2D eigenvalue weighted by atomic mass is 10.0. The number of aliphatic carboxylic acids is 1. The lowest BCUT2D eigenvalue weighted by Crippen LogP contribution is -2.43. The van der Waals surface area contributed by atoms with Gasteiger partial charge in [0.15, 0.2) is 0 Å². The third kappa shape index (κ3) is 7.15. The number of rotatable bonds is 4. The van der Waals surface area contributed by atoms with E-state index in [2.05, 4.69) is 5.32 Å². The summed E-state index contributed by atoms with van der Waals surface area (Å²) in [5.41, 5.74) is 0.138. The Hall–Kier alpha value is -2.30. The molecule has 5 heteroatoms. The van der Waals surface area contributed by atoms with E-state index in [9.17, 15) is 14.7 Å². The van der Waals surface area contributed by atoms with Crippen molar-refractivity contribution in [3.8, 4) is 0 Å². The third-order valence-corrected chi connectivity index (χ3v) is 2.49. The second-order valence-electron chi connectivity index (χ2n) is 5.61. The molecule has 5 nitrogen and oxygen atoms in total. The van der Waals surface area contributed by atoms with Gasteiger partial charge in [0.2, 0.25) is 0 Å². The molecular formula is C16H21NO4. The number of carboxylic acid groups (broad SMARTS) is 1. The molecule has 0 aromatic heterocycles. The summed E-state index contributed by atoms with van der Waals surface area (Å²) in [6, 6.07) is -1.03. The molecule has 0 bridgehead atoms. The van der Waals surface area contributed by atoms with Crippen molar-refractivity contribution in [2.45, 2.75) is 38.8 Å². The van der Waals surface area contributed by atoms with E-state index < -0.39 is 23.7 Å². The summed E-state index contributed by atoms with van der Waals surface area (Å²) in [6.45, 7) is 5.17. The zero-order chi connectivity index (χ0) is 15.9. The van der Waals surface area contributed by atoms with E-state index >= 15 is 0 Å². The van der Waals surface area contributed by atoms with Crippen molar-refractivity contribution in [1.82, 2.24) is 5.32 Å². The smallest absolute Gasteiger partial charge is 0.408 e. The van der Waals surface area contributed by atoms with Gasteiger partial charge in [-0.05, 0) is 26.3 Å². The molecule has 0 aromatic rings. The van der Waals surface area contributed by atoms with Gasteiger partial charge in [-0.1, -0.05) is 42.5 Å². The molecular weight excluding hydrogens is 270 g/mol. The van der Waals surface area contributed by atoms with Crippen LogP contribution in [0.1, 0.15) is 27.2 Å². The van der Waals surface area contributed by atoms with Crippen LogP contribution in [0.5, 0.6) is 0 Å². The minimum absolute atomic E-state index is 0.184. The number of allylic oxidation sites excluding steroid dienone is 7. The van der Waals surface area contributed by atoms with Crippen LogP contribution in [0.3, 0.4) is 0 Å². The maximum absolute atomic E-state index is 11.7. The van der Waals surface area contributed by atoms with Crippen molar-refractivity contribution in [2.24, 2.45) is 0 Å². The molecule has 0 saturated heterocycles. The number of carbonyl (C=O) groups is 2. The Bertz CT molecular complexity index is 507. The fourth-order valence-electron chi connectivity index (χ4n) is 1.63. The van der Waals surface area contributed by atoms with E-state index in [1.807, 2.05) is 42.5 Å². The molecule has 0 aliphatic heterocycles. The molecule has 1 aliphatic carbocycles. The molecule has 0 spiro atoms. The number of alkyl carbamates (subject to hydrolysis) is 1. The molecule has 1 amide bonds. The normalized spacial score (nSPS) is 22.7. The van der Waals surface area contributed by atoms with Crippen molar-refractivity contribution in [3.63, 3.8) is 0 Å². The minimum Gasteiger partial charge on any atom is -0.480 e. The fraction of sp³-hybridized carbons (Fsp3) is 0.375. The predicted octanol–water partition coefficient (Wildman–Crippen LogP) is 2.96. The largest absolute Gasteiger partial charge is 0.480 e. The van der Waals surface area contributed by atoms with Crippen LogP contribution in [0.15, 0.2) is 48.1 Å². The molecule has 0 heterocycles. The number of hydrogen-bond acceptors (Lipinski definition) is 3. The van der Waals surface area contributed by atoms with E-state index in [0.29, 0.717) is 0 Å². The molecule has 1 atom stereocenters. The van der Waals surface area contributed by atoms with Crippen LogP contribution in [-0.2, 0) is 9.53 Å². The quantitative estimate of drug-likeness (QED) is 0.835. The topological polar surface area (TPSA) is 75.6 Å². The second-order valence-corrected chi connectivity index (χ2v) is 5.61. The molecule has 0 radical (unpaired) electrons. The summed E-state index contributed by atoms with van der Waals surface area (Å²) in [4.78, 5) is 23.0. The number of amides is 1. The van der Waals surface area contributed by atoms with Crippen LogP contribution < -0.4 is 5.32 Å². The zero-order valence-corrected chi connectivity index (χ0v) is 12.5. The average Bonchev–Trinajstić information content (AvgIpc) is 2.28. The van der Waals surface area contributed by atoms with Crippen LogP contribution in [0.4, 0.5) is 4.79 Å². The van der Waals surface area contributed by atoms with Crippen molar-refractivity contribution in [3.05, 3.63) is 48.1 Å². The van der Waals surface area contributed by atoms with Crippen LogP contribution in [-0.4, -0.2) is 28.8 Å². The predicted molar refractivity (Wildman–Crippen MR) is 80.9 cm³/mol. The SMILES string of the molecule is CC(C)(C)OC(=O)NC(CC1=C/C=C\C=C/C=C\1)C(=O)O. The monoisotopic (exact) mass is 291 g/mol. The first-order valence-electron chi connectivity index (χ1n) is 6.71. The molecule has 1 rings (SSSR count). The first-order valence-corrected chi connectivity index (χ1v) is 6.71. The maximum Gasteiger partial charge on any atom is 0.408 e. The first-order chi connectivity index (χ1) is 9.78. The Morgan fingerprint density at radius 3 is 2.43 bits per heavy atom. The van der Waals surface area contributed by atoms with Gasteiger partial charge in [-0.15, -0.1) is 0 Å². The Kier molecular flexibility index (Phi) is 5.96. The summed E-state index contributed by atoms with van der Waals surface area (Å²) in [7, 11) is 0. The van der Waals surface area contributed by atoms with Gasteiger partial charge >= 0.3 is 12.1 Å². The third-order valence-electron chi connectivity index (χ3n) is 2.49. The Balaban J connectivity index is 2.70. The number of nitrogens with one attached hydrogen (secondary N) is 1.